The molecule has 12 nitrogen and oxygen atoms in total. The summed E-state index contributed by atoms with van der Waals surface area (Å²) < 4.78 is 7.05. The number of amides is 1. The lowest BCUT2D eigenvalue weighted by Gasteiger charge is -2.38. The number of ether oxygens (including phenoxy) is 1. The zero-order valence-corrected chi connectivity index (χ0v) is 23.4. The van der Waals surface area contributed by atoms with Crippen molar-refractivity contribution in [1.82, 2.24) is 34.9 Å². The number of methoxy groups -OCH3 is 1. The molecule has 2 aliphatic heterocycles. The van der Waals surface area contributed by atoms with Gasteiger partial charge in [-0.2, -0.15) is 0 Å². The second-order valence-electron chi connectivity index (χ2n) is 10.6. The van der Waals surface area contributed by atoms with E-state index in [0.29, 0.717) is 11.7 Å². The molecule has 5 heterocycles. The van der Waals surface area contributed by atoms with E-state index in [0.717, 1.165) is 59.6 Å². The third-order valence-electron chi connectivity index (χ3n) is 7.32. The van der Waals surface area contributed by atoms with Gasteiger partial charge in [-0.3, -0.25) is 14.4 Å². The third kappa shape index (κ3) is 5.48. The molecule has 3 aromatic rings. The highest BCUT2D eigenvalue weighted by molar-refractivity contribution is 6.05. The van der Waals surface area contributed by atoms with Gasteiger partial charge < -0.3 is 30.6 Å². The first kappa shape index (κ1) is 26.7. The fraction of sp³-hybridized carbons (Fsp3) is 0.481. The van der Waals surface area contributed by atoms with Crippen LogP contribution in [0.25, 0.3) is 16.6 Å². The van der Waals surface area contributed by atoms with E-state index in [1.807, 2.05) is 38.6 Å². The number of carbonyl (C=O) groups is 1. The van der Waals surface area contributed by atoms with Crippen LogP contribution in [0.15, 0.2) is 35.2 Å². The molecule has 12 heteroatoms. The minimum absolute atomic E-state index is 0.0290. The lowest BCUT2D eigenvalue weighted by atomic mass is 10.0. The van der Waals surface area contributed by atoms with Crippen LogP contribution < -0.4 is 20.7 Å². The summed E-state index contributed by atoms with van der Waals surface area (Å²) in [6, 6.07) is 1.74. The van der Waals surface area contributed by atoms with Crippen LogP contribution in [0.1, 0.15) is 26.3 Å². The highest BCUT2D eigenvalue weighted by Gasteiger charge is 2.31. The SMILES string of the molecule is COc1nn(C)cc1NC1N=CC(C)=C(c2c[nH]c3c(NC(=O)C(C(C)C)N4CCN(C)CC4)nccc23)N1. The number of aryl methyl sites for hydroxylation is 1. The average Bonchev–Trinajstić information content (AvgIpc) is 3.49. The molecule has 2 unspecified atom stereocenters. The minimum atomic E-state index is -0.414. The van der Waals surface area contributed by atoms with Crippen molar-refractivity contribution in [2.24, 2.45) is 18.0 Å². The Hall–Kier alpha value is -3.90. The molecule has 208 valence electrons. The largest absolute Gasteiger partial charge is 0.478 e. The fourth-order valence-corrected chi connectivity index (χ4v) is 5.30. The first-order valence-corrected chi connectivity index (χ1v) is 13.3. The van der Waals surface area contributed by atoms with Crippen LogP contribution in [0.5, 0.6) is 5.88 Å². The Balaban J connectivity index is 1.37. The fourth-order valence-electron chi connectivity index (χ4n) is 5.30. The molecular formula is C27H38N10O2. The Labute approximate surface area is 228 Å². The van der Waals surface area contributed by atoms with Crippen LogP contribution in [0.4, 0.5) is 11.5 Å². The first-order chi connectivity index (χ1) is 18.7. The molecule has 0 spiro atoms. The molecule has 0 aromatic carbocycles. The Morgan fingerprint density at radius 2 is 1.97 bits per heavy atom. The van der Waals surface area contributed by atoms with E-state index in [4.69, 9.17) is 4.74 Å². The van der Waals surface area contributed by atoms with Crippen LogP contribution in [0, 0.1) is 5.92 Å². The highest BCUT2D eigenvalue weighted by Crippen LogP contribution is 2.31. The summed E-state index contributed by atoms with van der Waals surface area (Å²) in [5.74, 6) is 1.17. The number of likely N-dealkylation sites (N-methyl/N-ethyl adjacent to an activating group) is 1. The van der Waals surface area contributed by atoms with E-state index >= 15 is 0 Å². The van der Waals surface area contributed by atoms with Crippen LogP contribution in [0.2, 0.25) is 0 Å². The normalized spacial score (nSPS) is 19.4. The number of pyridine rings is 1. The smallest absolute Gasteiger partial charge is 0.256 e. The van der Waals surface area contributed by atoms with Gasteiger partial charge in [0.1, 0.15) is 5.69 Å². The predicted octanol–water partition coefficient (Wildman–Crippen LogP) is 2.32. The summed E-state index contributed by atoms with van der Waals surface area (Å²) in [4.78, 5) is 30.6. The van der Waals surface area contributed by atoms with Crippen molar-refractivity contribution in [2.75, 3.05) is 51.0 Å². The van der Waals surface area contributed by atoms with Crippen molar-refractivity contribution < 1.29 is 9.53 Å². The number of aromatic amines is 1. The van der Waals surface area contributed by atoms with E-state index in [-0.39, 0.29) is 17.9 Å². The monoisotopic (exact) mass is 534 g/mol. The number of fused-ring (bicyclic) bond motifs is 1. The van der Waals surface area contributed by atoms with Crippen molar-refractivity contribution >= 4 is 40.2 Å². The average molecular weight is 535 g/mol. The maximum atomic E-state index is 13.5. The number of aliphatic imine (C=N–C) groups is 1. The first-order valence-electron chi connectivity index (χ1n) is 13.3. The molecule has 0 saturated carbocycles. The number of hydrogen-bond donors (Lipinski definition) is 4. The summed E-state index contributed by atoms with van der Waals surface area (Å²) in [5, 5.41) is 15.2. The van der Waals surface area contributed by atoms with Crippen molar-refractivity contribution in [1.29, 1.82) is 0 Å². The quantitative estimate of drug-likeness (QED) is 0.347. The van der Waals surface area contributed by atoms with Gasteiger partial charge in [-0.25, -0.2) is 9.98 Å². The lowest BCUT2D eigenvalue weighted by molar-refractivity contribution is -0.123. The summed E-state index contributed by atoms with van der Waals surface area (Å²) in [7, 11) is 5.55. The number of aromatic nitrogens is 4. The number of anilines is 2. The van der Waals surface area contributed by atoms with Gasteiger partial charge in [-0.15, -0.1) is 5.10 Å². The Bertz CT molecular complexity index is 1400. The second kappa shape index (κ2) is 11.1. The lowest BCUT2D eigenvalue weighted by Crippen LogP contribution is -2.54. The molecule has 1 saturated heterocycles. The van der Waals surface area contributed by atoms with E-state index < -0.39 is 6.29 Å². The van der Waals surface area contributed by atoms with E-state index in [9.17, 15) is 4.79 Å². The molecule has 0 radical (unpaired) electrons. The maximum absolute atomic E-state index is 13.5. The van der Waals surface area contributed by atoms with E-state index in [2.05, 4.69) is 66.7 Å². The summed E-state index contributed by atoms with van der Waals surface area (Å²) in [6.45, 7) is 9.87. The summed E-state index contributed by atoms with van der Waals surface area (Å²) >= 11 is 0. The molecule has 1 fully saturated rings. The third-order valence-corrected chi connectivity index (χ3v) is 7.32. The van der Waals surface area contributed by atoms with Crippen molar-refractivity contribution in [2.45, 2.75) is 33.1 Å². The number of allylic oxidation sites excluding steroid dienone is 1. The topological polar surface area (TPSA) is 128 Å². The van der Waals surface area contributed by atoms with Gasteiger partial charge in [0, 0.05) is 62.8 Å². The number of hydrogen-bond acceptors (Lipinski definition) is 9. The molecule has 0 bridgehead atoms. The van der Waals surface area contributed by atoms with Crippen LogP contribution in [-0.2, 0) is 11.8 Å². The van der Waals surface area contributed by atoms with Gasteiger partial charge in [0.25, 0.3) is 5.88 Å². The number of rotatable bonds is 8. The summed E-state index contributed by atoms with van der Waals surface area (Å²) in [6.07, 6.45) is 6.95. The van der Waals surface area contributed by atoms with Gasteiger partial charge in [0.15, 0.2) is 12.1 Å². The van der Waals surface area contributed by atoms with Gasteiger partial charge in [0.05, 0.1) is 30.6 Å². The Morgan fingerprint density at radius 1 is 1.21 bits per heavy atom. The van der Waals surface area contributed by atoms with Gasteiger partial charge in [0.2, 0.25) is 5.91 Å². The van der Waals surface area contributed by atoms with Gasteiger partial charge in [-0.05, 0) is 31.5 Å². The van der Waals surface area contributed by atoms with Crippen molar-refractivity contribution in [3.05, 3.63) is 35.8 Å². The molecule has 4 N–H and O–H groups in total. The molecule has 1 amide bonds. The minimum Gasteiger partial charge on any atom is -0.478 e. The molecule has 0 aliphatic carbocycles. The number of nitrogens with one attached hydrogen (secondary N) is 4. The Kier molecular flexibility index (Phi) is 7.58. The predicted molar refractivity (Wildman–Crippen MR) is 154 cm³/mol. The molecule has 2 atom stereocenters. The molecule has 3 aromatic heterocycles. The van der Waals surface area contributed by atoms with Crippen LogP contribution in [0.3, 0.4) is 0 Å². The number of piperazine rings is 1. The number of carbonyl (C=O) groups excluding carboxylic acids is 1. The standard InChI is InChI=1S/C27H38N10O2/c1-16(2)23(37-11-9-35(4)10-12-37)25(38)33-24-22-18(7-8-28-24)19(14-29-22)21-17(3)13-30-27(32-21)31-20-15-36(5)34-26(20)39-6/h7-8,13-16,23,27,29,31-32H,9-12H2,1-6H3,(H,28,33,38). The van der Waals surface area contributed by atoms with Gasteiger partial charge >= 0.3 is 0 Å². The summed E-state index contributed by atoms with van der Waals surface area (Å²) in [5.41, 5.74) is 4.41. The van der Waals surface area contributed by atoms with Crippen LogP contribution in [-0.4, -0.2) is 94.3 Å². The highest BCUT2D eigenvalue weighted by atomic mass is 16.5. The number of nitrogens with zero attached hydrogens (tertiary/aromatic N) is 6. The van der Waals surface area contributed by atoms with Crippen LogP contribution >= 0.6 is 0 Å². The Morgan fingerprint density at radius 3 is 2.69 bits per heavy atom. The van der Waals surface area contributed by atoms with Gasteiger partial charge in [-0.1, -0.05) is 13.8 Å². The zero-order chi connectivity index (χ0) is 27.7. The maximum Gasteiger partial charge on any atom is 0.256 e. The zero-order valence-electron chi connectivity index (χ0n) is 23.4. The molecule has 39 heavy (non-hydrogen) atoms. The second-order valence-corrected chi connectivity index (χ2v) is 10.6. The van der Waals surface area contributed by atoms with Crippen molar-refractivity contribution in [3.8, 4) is 5.88 Å². The molecular weight excluding hydrogens is 496 g/mol. The molecule has 2 aliphatic rings. The van der Waals surface area contributed by atoms with Crippen molar-refractivity contribution in [3.63, 3.8) is 0 Å². The molecule has 5 rings (SSSR count). The van der Waals surface area contributed by atoms with E-state index in [1.165, 1.54) is 0 Å². The number of H-pyrrole nitrogens is 1. The van der Waals surface area contributed by atoms with E-state index in [1.54, 1.807) is 18.0 Å².